The van der Waals surface area contributed by atoms with Gasteiger partial charge in [-0.15, -0.1) is 11.8 Å². The van der Waals surface area contributed by atoms with E-state index in [-0.39, 0.29) is 11.5 Å². The van der Waals surface area contributed by atoms with Crippen LogP contribution in [0, 0.1) is 11.3 Å². The molecule has 0 spiro atoms. The zero-order valence-corrected chi connectivity index (χ0v) is 20.9. The molecule has 0 fully saturated rings. The molecule has 0 amide bonds. The van der Waals surface area contributed by atoms with Gasteiger partial charge in [0.1, 0.15) is 16.8 Å². The van der Waals surface area contributed by atoms with Crippen molar-refractivity contribution in [3.05, 3.63) is 102 Å². The molecule has 0 N–H and O–H groups in total. The minimum absolute atomic E-state index is 0.00586. The number of benzene rings is 3. The molecular formula is C28H24N2O3S2. The van der Waals surface area contributed by atoms with Crippen LogP contribution in [0.2, 0.25) is 0 Å². The minimum Gasteiger partial charge on any atom is -0.497 e. The molecule has 0 bridgehead atoms. The number of ether oxygens (including phenoxy) is 1. The van der Waals surface area contributed by atoms with Crippen molar-refractivity contribution in [2.24, 2.45) is 0 Å². The highest BCUT2D eigenvalue weighted by Gasteiger charge is 2.18. The van der Waals surface area contributed by atoms with Crippen LogP contribution in [0.3, 0.4) is 0 Å². The van der Waals surface area contributed by atoms with Gasteiger partial charge in [-0.25, -0.2) is 13.4 Å². The largest absolute Gasteiger partial charge is 0.497 e. The van der Waals surface area contributed by atoms with E-state index in [1.54, 1.807) is 7.11 Å². The van der Waals surface area contributed by atoms with Crippen LogP contribution in [0.5, 0.6) is 5.75 Å². The van der Waals surface area contributed by atoms with Crippen LogP contribution in [-0.2, 0) is 15.6 Å². The Hall–Kier alpha value is -3.60. The first-order valence-electron chi connectivity index (χ1n) is 11.0. The summed E-state index contributed by atoms with van der Waals surface area (Å²) in [5.41, 5.74) is 4.47. The van der Waals surface area contributed by atoms with E-state index >= 15 is 0 Å². The lowest BCUT2D eigenvalue weighted by Gasteiger charge is -2.13. The highest BCUT2D eigenvalue weighted by atomic mass is 32.2. The summed E-state index contributed by atoms with van der Waals surface area (Å²) in [5.74, 6) is 1.03. The van der Waals surface area contributed by atoms with Crippen molar-refractivity contribution < 1.29 is 13.2 Å². The molecule has 3 aromatic carbocycles. The maximum atomic E-state index is 12.7. The maximum Gasteiger partial charge on any atom is 0.155 e. The number of rotatable bonds is 9. The van der Waals surface area contributed by atoms with Gasteiger partial charge in [0.15, 0.2) is 9.84 Å². The molecule has 0 saturated heterocycles. The quantitative estimate of drug-likeness (QED) is 0.262. The SMILES string of the molecule is COc1ccc(-c2cc(-c3ccccc3)c(C#N)c(SCCS(=O)(=O)Cc3ccccc3)n2)cc1. The van der Waals surface area contributed by atoms with Crippen molar-refractivity contribution in [2.75, 3.05) is 18.6 Å². The fraction of sp³-hybridized carbons (Fsp3) is 0.143. The van der Waals surface area contributed by atoms with E-state index in [0.717, 1.165) is 28.0 Å². The molecule has 0 saturated carbocycles. The molecule has 176 valence electrons. The van der Waals surface area contributed by atoms with Crippen molar-refractivity contribution >= 4 is 21.6 Å². The molecule has 0 aliphatic rings. The van der Waals surface area contributed by atoms with Gasteiger partial charge in [-0.05, 0) is 41.5 Å². The predicted molar refractivity (Wildman–Crippen MR) is 141 cm³/mol. The molecule has 1 heterocycles. The Balaban J connectivity index is 1.65. The second-order valence-electron chi connectivity index (χ2n) is 7.87. The fourth-order valence-electron chi connectivity index (χ4n) is 3.65. The summed E-state index contributed by atoms with van der Waals surface area (Å²) in [5, 5.41) is 10.5. The lowest BCUT2D eigenvalue weighted by Crippen LogP contribution is -2.11. The first-order valence-corrected chi connectivity index (χ1v) is 13.8. The van der Waals surface area contributed by atoms with Crippen LogP contribution in [0.25, 0.3) is 22.4 Å². The Kier molecular flexibility index (Phi) is 7.86. The molecule has 0 radical (unpaired) electrons. The molecule has 0 aliphatic carbocycles. The zero-order chi connectivity index (χ0) is 24.7. The third-order valence-electron chi connectivity index (χ3n) is 5.43. The van der Waals surface area contributed by atoms with Gasteiger partial charge in [0.2, 0.25) is 0 Å². The number of thioether (sulfide) groups is 1. The van der Waals surface area contributed by atoms with Crippen molar-refractivity contribution in [1.82, 2.24) is 4.98 Å². The first kappa shape index (κ1) is 24.5. The van der Waals surface area contributed by atoms with E-state index in [9.17, 15) is 13.7 Å². The van der Waals surface area contributed by atoms with Gasteiger partial charge >= 0.3 is 0 Å². The van der Waals surface area contributed by atoms with Crippen LogP contribution >= 0.6 is 11.8 Å². The summed E-state index contributed by atoms with van der Waals surface area (Å²) in [6.07, 6.45) is 0. The van der Waals surface area contributed by atoms with Crippen LogP contribution < -0.4 is 4.74 Å². The van der Waals surface area contributed by atoms with Crippen LogP contribution in [0.1, 0.15) is 11.1 Å². The smallest absolute Gasteiger partial charge is 0.155 e. The number of hydrogen-bond acceptors (Lipinski definition) is 6. The lowest BCUT2D eigenvalue weighted by atomic mass is 9.99. The van der Waals surface area contributed by atoms with E-state index < -0.39 is 9.84 Å². The standard InChI is InChI=1S/C28H24N2O3S2/c1-33-24-14-12-23(13-15-24)27-18-25(22-10-6-3-7-11-22)26(19-29)28(30-27)34-16-17-35(31,32)20-21-8-4-2-5-9-21/h2-15,18H,16-17,20H2,1H3. The second-order valence-corrected chi connectivity index (χ2v) is 11.1. The number of nitrogens with zero attached hydrogens (tertiary/aromatic N) is 2. The molecule has 0 aliphatic heterocycles. The topological polar surface area (TPSA) is 80.0 Å². The van der Waals surface area contributed by atoms with E-state index in [1.165, 1.54) is 11.8 Å². The van der Waals surface area contributed by atoms with Crippen molar-refractivity contribution in [3.8, 4) is 34.2 Å². The molecule has 0 atom stereocenters. The number of aromatic nitrogens is 1. The Bertz CT molecular complexity index is 1430. The van der Waals surface area contributed by atoms with E-state index in [2.05, 4.69) is 6.07 Å². The van der Waals surface area contributed by atoms with E-state index in [1.807, 2.05) is 91.0 Å². The molecule has 1 aromatic heterocycles. The monoisotopic (exact) mass is 500 g/mol. The Labute approximate surface area is 210 Å². The zero-order valence-electron chi connectivity index (χ0n) is 19.2. The Morgan fingerprint density at radius 1 is 0.914 bits per heavy atom. The Morgan fingerprint density at radius 2 is 1.57 bits per heavy atom. The number of pyridine rings is 1. The lowest BCUT2D eigenvalue weighted by molar-refractivity contribution is 0.415. The van der Waals surface area contributed by atoms with Gasteiger partial charge in [0.05, 0.1) is 29.9 Å². The van der Waals surface area contributed by atoms with Gasteiger partial charge in [-0.2, -0.15) is 5.26 Å². The van der Waals surface area contributed by atoms with Crippen molar-refractivity contribution in [3.63, 3.8) is 0 Å². The van der Waals surface area contributed by atoms with Crippen LogP contribution in [0.4, 0.5) is 0 Å². The molecule has 35 heavy (non-hydrogen) atoms. The minimum atomic E-state index is -3.30. The molecule has 5 nitrogen and oxygen atoms in total. The molecule has 7 heteroatoms. The third-order valence-corrected chi connectivity index (χ3v) is 8.27. The molecular weight excluding hydrogens is 476 g/mol. The summed E-state index contributed by atoms with van der Waals surface area (Å²) >= 11 is 1.30. The average Bonchev–Trinajstić information content (AvgIpc) is 2.89. The molecule has 0 unspecified atom stereocenters. The highest BCUT2D eigenvalue weighted by molar-refractivity contribution is 8.00. The summed E-state index contributed by atoms with van der Waals surface area (Å²) in [6, 6.07) is 30.6. The van der Waals surface area contributed by atoms with E-state index in [0.29, 0.717) is 22.0 Å². The summed E-state index contributed by atoms with van der Waals surface area (Å²) < 4.78 is 30.6. The summed E-state index contributed by atoms with van der Waals surface area (Å²) in [4.78, 5) is 4.76. The van der Waals surface area contributed by atoms with Crippen LogP contribution in [-0.4, -0.2) is 32.0 Å². The van der Waals surface area contributed by atoms with Gasteiger partial charge in [0.25, 0.3) is 0 Å². The number of nitriles is 1. The van der Waals surface area contributed by atoms with E-state index in [4.69, 9.17) is 9.72 Å². The second kappa shape index (κ2) is 11.2. The maximum absolute atomic E-state index is 12.7. The number of hydrogen-bond donors (Lipinski definition) is 0. The molecule has 4 rings (SSSR count). The normalized spacial score (nSPS) is 11.1. The summed E-state index contributed by atoms with van der Waals surface area (Å²) in [6.45, 7) is 0. The summed E-state index contributed by atoms with van der Waals surface area (Å²) in [7, 11) is -1.69. The van der Waals surface area contributed by atoms with Gasteiger partial charge in [-0.1, -0.05) is 60.7 Å². The Morgan fingerprint density at radius 3 is 2.20 bits per heavy atom. The van der Waals surface area contributed by atoms with Gasteiger partial charge in [-0.3, -0.25) is 0 Å². The average molecular weight is 501 g/mol. The van der Waals surface area contributed by atoms with Crippen molar-refractivity contribution in [2.45, 2.75) is 10.8 Å². The number of methoxy groups -OCH3 is 1. The number of sulfone groups is 1. The van der Waals surface area contributed by atoms with Crippen molar-refractivity contribution in [1.29, 1.82) is 5.26 Å². The first-order chi connectivity index (χ1) is 17.0. The van der Waals surface area contributed by atoms with Gasteiger partial charge < -0.3 is 4.74 Å². The predicted octanol–water partition coefficient (Wildman–Crippen LogP) is 6.00. The highest BCUT2D eigenvalue weighted by Crippen LogP contribution is 2.34. The van der Waals surface area contributed by atoms with Gasteiger partial charge in [0, 0.05) is 16.9 Å². The third kappa shape index (κ3) is 6.30. The fourth-order valence-corrected chi connectivity index (χ4v) is 6.50. The molecule has 4 aromatic rings. The van der Waals surface area contributed by atoms with Crippen LogP contribution in [0.15, 0.2) is 96.0 Å².